The predicted molar refractivity (Wildman–Crippen MR) is 181 cm³/mol. The molecule has 46 heavy (non-hydrogen) atoms. The quantitative estimate of drug-likeness (QED) is 0.170. The highest BCUT2D eigenvalue weighted by molar-refractivity contribution is 6.21. The molecule has 3 N–H and O–H groups in total. The molecule has 0 spiro atoms. The first-order valence-electron chi connectivity index (χ1n) is 16.1. The van der Waals surface area contributed by atoms with Crippen molar-refractivity contribution in [2.75, 3.05) is 25.0 Å². The molecule has 0 fully saturated rings. The molecule has 0 unspecified atom stereocenters. The Hall–Kier alpha value is -5.05. The minimum absolute atomic E-state index is 0.0285. The highest BCUT2D eigenvalue weighted by Crippen LogP contribution is 2.29. The van der Waals surface area contributed by atoms with Gasteiger partial charge in [-0.3, -0.25) is 24.1 Å². The number of imide groups is 1. The van der Waals surface area contributed by atoms with E-state index >= 15 is 0 Å². The molecule has 0 aromatic heterocycles. The van der Waals surface area contributed by atoms with Crippen LogP contribution in [-0.2, 0) is 11.2 Å². The van der Waals surface area contributed by atoms with E-state index in [-0.39, 0.29) is 30.0 Å². The Morgan fingerprint density at radius 3 is 2.30 bits per heavy atom. The van der Waals surface area contributed by atoms with E-state index in [0.717, 1.165) is 49.7 Å². The van der Waals surface area contributed by atoms with Crippen LogP contribution in [0.2, 0.25) is 0 Å². The maximum atomic E-state index is 13.3. The second-order valence-corrected chi connectivity index (χ2v) is 11.8. The molecule has 0 bridgehead atoms. The SMILES string of the molecule is CCCN(CCC)C(=O)C1=Cc2ccc(C(=O)Nc3cccc(CCCCCN4C(=O)c5ccccc5C4=O)c3)cc2N=C(N)C1. The number of fused-ring (bicyclic) bond motifs is 2. The summed E-state index contributed by atoms with van der Waals surface area (Å²) in [5.41, 5.74) is 11.3. The lowest BCUT2D eigenvalue weighted by atomic mass is 10.0. The summed E-state index contributed by atoms with van der Waals surface area (Å²) in [7, 11) is 0. The smallest absolute Gasteiger partial charge is 0.261 e. The summed E-state index contributed by atoms with van der Waals surface area (Å²) in [6.45, 7) is 5.89. The maximum Gasteiger partial charge on any atom is 0.261 e. The van der Waals surface area contributed by atoms with Crippen LogP contribution in [0.1, 0.15) is 94.6 Å². The molecule has 238 valence electrons. The molecule has 0 saturated heterocycles. The summed E-state index contributed by atoms with van der Waals surface area (Å²) in [6.07, 6.45) is 7.13. The van der Waals surface area contributed by atoms with Gasteiger partial charge in [0.25, 0.3) is 17.7 Å². The monoisotopic (exact) mass is 619 g/mol. The topological polar surface area (TPSA) is 125 Å². The van der Waals surface area contributed by atoms with Crippen molar-refractivity contribution in [3.8, 4) is 0 Å². The average molecular weight is 620 g/mol. The minimum atomic E-state index is -0.267. The molecule has 4 amide bonds. The molecule has 9 nitrogen and oxygen atoms in total. The van der Waals surface area contributed by atoms with E-state index in [4.69, 9.17) is 5.73 Å². The van der Waals surface area contributed by atoms with Crippen LogP contribution in [0, 0.1) is 0 Å². The van der Waals surface area contributed by atoms with E-state index in [1.165, 1.54) is 4.90 Å². The number of hydrogen-bond donors (Lipinski definition) is 2. The van der Waals surface area contributed by atoms with Crippen molar-refractivity contribution in [2.24, 2.45) is 10.7 Å². The van der Waals surface area contributed by atoms with Gasteiger partial charge >= 0.3 is 0 Å². The number of nitrogens with two attached hydrogens (primary N) is 1. The third-order valence-electron chi connectivity index (χ3n) is 8.22. The van der Waals surface area contributed by atoms with Crippen molar-refractivity contribution in [3.63, 3.8) is 0 Å². The lowest BCUT2D eigenvalue weighted by Crippen LogP contribution is -2.34. The number of anilines is 1. The first kappa shape index (κ1) is 32.3. The van der Waals surface area contributed by atoms with Crippen LogP contribution >= 0.6 is 0 Å². The Morgan fingerprint density at radius 1 is 0.891 bits per heavy atom. The van der Waals surface area contributed by atoms with Crippen LogP contribution in [-0.4, -0.2) is 58.9 Å². The second-order valence-electron chi connectivity index (χ2n) is 11.8. The highest BCUT2D eigenvalue weighted by Gasteiger charge is 2.34. The Morgan fingerprint density at radius 2 is 1.61 bits per heavy atom. The standard InChI is InChI=1S/C37H41N5O4/c1-3-18-41(19-4-2)35(44)28-22-26-16-17-27(23-32(26)40-33(38)24-28)34(43)39-29-13-10-12-25(21-29)11-6-5-9-20-42-36(45)30-14-7-8-15-31(30)37(42)46/h7-8,10,12-17,21-23H,3-6,9,11,18-20,24H2,1-2H3,(H2,38,40)(H,39,43). The molecule has 0 radical (unpaired) electrons. The average Bonchev–Trinajstić information content (AvgIpc) is 3.17. The minimum Gasteiger partial charge on any atom is -0.387 e. The van der Waals surface area contributed by atoms with Gasteiger partial charge in [-0.05, 0) is 80.1 Å². The van der Waals surface area contributed by atoms with Crippen LogP contribution in [0.5, 0.6) is 0 Å². The van der Waals surface area contributed by atoms with E-state index in [1.54, 1.807) is 36.4 Å². The van der Waals surface area contributed by atoms with E-state index in [0.29, 0.717) is 59.1 Å². The molecule has 2 aliphatic rings. The number of carbonyl (C=O) groups excluding carboxylic acids is 4. The normalized spacial score (nSPS) is 13.8. The molecule has 5 rings (SSSR count). The first-order valence-corrected chi connectivity index (χ1v) is 16.1. The molecule has 0 aliphatic carbocycles. The van der Waals surface area contributed by atoms with Crippen LogP contribution in [0.4, 0.5) is 11.4 Å². The van der Waals surface area contributed by atoms with Gasteiger partial charge in [0.05, 0.1) is 16.8 Å². The van der Waals surface area contributed by atoms with Gasteiger partial charge < -0.3 is 16.0 Å². The van der Waals surface area contributed by atoms with Gasteiger partial charge in [-0.25, -0.2) is 4.99 Å². The largest absolute Gasteiger partial charge is 0.387 e. The number of unbranched alkanes of at least 4 members (excludes halogenated alkanes) is 2. The summed E-state index contributed by atoms with van der Waals surface area (Å²) in [5, 5.41) is 2.98. The zero-order chi connectivity index (χ0) is 32.6. The number of amidine groups is 1. The van der Waals surface area contributed by atoms with Crippen LogP contribution in [0.25, 0.3) is 6.08 Å². The molecule has 9 heteroatoms. The van der Waals surface area contributed by atoms with E-state index in [2.05, 4.69) is 24.2 Å². The molecule has 3 aromatic carbocycles. The van der Waals surface area contributed by atoms with Crippen molar-refractivity contribution < 1.29 is 19.2 Å². The van der Waals surface area contributed by atoms with Gasteiger partial charge in [-0.2, -0.15) is 0 Å². The van der Waals surface area contributed by atoms with Gasteiger partial charge in [-0.15, -0.1) is 0 Å². The number of amides is 4. The fourth-order valence-corrected chi connectivity index (χ4v) is 5.95. The number of carbonyl (C=O) groups is 4. The van der Waals surface area contributed by atoms with E-state index in [9.17, 15) is 19.2 Å². The van der Waals surface area contributed by atoms with Gasteiger partial charge in [0.15, 0.2) is 0 Å². The molecule has 2 heterocycles. The Balaban J connectivity index is 1.16. The fraction of sp³-hybridized carbons (Fsp3) is 0.324. The van der Waals surface area contributed by atoms with E-state index in [1.807, 2.05) is 41.3 Å². The Labute approximate surface area is 270 Å². The summed E-state index contributed by atoms with van der Waals surface area (Å²) < 4.78 is 0. The van der Waals surface area contributed by atoms with Crippen LogP contribution in [0.3, 0.4) is 0 Å². The van der Waals surface area contributed by atoms with Gasteiger partial charge in [0, 0.05) is 48.4 Å². The molecule has 0 saturated carbocycles. The van der Waals surface area contributed by atoms with Crippen LogP contribution < -0.4 is 11.1 Å². The predicted octanol–water partition coefficient (Wildman–Crippen LogP) is 6.37. The number of rotatable bonds is 13. The summed E-state index contributed by atoms with van der Waals surface area (Å²) in [4.78, 5) is 59.3. The summed E-state index contributed by atoms with van der Waals surface area (Å²) in [5.74, 6) is -0.395. The van der Waals surface area contributed by atoms with Crippen molar-refractivity contribution in [2.45, 2.75) is 58.8 Å². The number of aliphatic imine (C=N–C) groups is 1. The first-order chi connectivity index (χ1) is 22.3. The highest BCUT2D eigenvalue weighted by atomic mass is 16.2. The number of nitrogens with one attached hydrogen (secondary N) is 1. The van der Waals surface area contributed by atoms with Gasteiger partial charge in [0.2, 0.25) is 5.91 Å². The molecule has 0 atom stereocenters. The molecule has 3 aromatic rings. The number of hydrogen-bond acceptors (Lipinski definition) is 6. The number of benzene rings is 3. The Bertz CT molecular complexity index is 1670. The zero-order valence-electron chi connectivity index (χ0n) is 26.6. The maximum absolute atomic E-state index is 13.3. The molecular formula is C37H41N5O4. The third-order valence-corrected chi connectivity index (χ3v) is 8.22. The third kappa shape index (κ3) is 7.42. The van der Waals surface area contributed by atoms with Crippen molar-refractivity contribution >= 4 is 46.9 Å². The Kier molecular flexibility index (Phi) is 10.4. The van der Waals surface area contributed by atoms with Crippen molar-refractivity contribution in [1.82, 2.24) is 9.80 Å². The molecule has 2 aliphatic heterocycles. The number of nitrogens with zero attached hydrogens (tertiary/aromatic N) is 3. The van der Waals surface area contributed by atoms with Crippen LogP contribution in [0.15, 0.2) is 77.3 Å². The fourth-order valence-electron chi connectivity index (χ4n) is 5.95. The zero-order valence-corrected chi connectivity index (χ0v) is 26.6. The lowest BCUT2D eigenvalue weighted by Gasteiger charge is -2.22. The lowest BCUT2D eigenvalue weighted by molar-refractivity contribution is -0.127. The second kappa shape index (κ2) is 14.8. The van der Waals surface area contributed by atoms with Crippen molar-refractivity contribution in [3.05, 3.63) is 100 Å². The van der Waals surface area contributed by atoms with Crippen molar-refractivity contribution in [1.29, 1.82) is 0 Å². The summed E-state index contributed by atoms with van der Waals surface area (Å²) in [6, 6.07) is 19.9. The van der Waals surface area contributed by atoms with Gasteiger partial charge in [-0.1, -0.05) is 50.6 Å². The number of aryl methyl sites for hydroxylation is 1. The molecular weight excluding hydrogens is 578 g/mol. The van der Waals surface area contributed by atoms with Gasteiger partial charge in [0.1, 0.15) is 5.84 Å². The summed E-state index contributed by atoms with van der Waals surface area (Å²) >= 11 is 0. The van der Waals surface area contributed by atoms with E-state index < -0.39 is 0 Å².